The second-order valence-corrected chi connectivity index (χ2v) is 11.7. The van der Waals surface area contributed by atoms with E-state index in [9.17, 15) is 14.4 Å². The van der Waals surface area contributed by atoms with Crippen LogP contribution in [-0.4, -0.2) is 53.0 Å². The summed E-state index contributed by atoms with van der Waals surface area (Å²) in [6.45, 7) is 5.05. The van der Waals surface area contributed by atoms with E-state index in [1.165, 1.54) is 64.2 Å². The van der Waals surface area contributed by atoms with Gasteiger partial charge in [0.25, 0.3) is 0 Å². The van der Waals surface area contributed by atoms with E-state index < -0.39 is 29.7 Å². The number of carbonyl (C=O) groups is 3. The lowest BCUT2D eigenvalue weighted by molar-refractivity contribution is -0.151. The van der Waals surface area contributed by atoms with E-state index in [-0.39, 0.29) is 18.9 Å². The molecule has 0 bridgehead atoms. The third-order valence-corrected chi connectivity index (χ3v) is 7.16. The Morgan fingerprint density at radius 1 is 0.806 bits per heavy atom. The molecular weight excluding hydrogens is 460 g/mol. The van der Waals surface area contributed by atoms with Crippen molar-refractivity contribution in [3.8, 4) is 0 Å². The molecule has 8 nitrogen and oxygen atoms in total. The first-order valence-corrected chi connectivity index (χ1v) is 14.3. The maximum absolute atomic E-state index is 11.8. The summed E-state index contributed by atoms with van der Waals surface area (Å²) in [5, 5.41) is 15.3. The molecule has 1 amide bonds. The van der Waals surface area contributed by atoms with Crippen LogP contribution in [0.5, 0.6) is 0 Å². The minimum absolute atomic E-state index is 0.0276. The van der Waals surface area contributed by atoms with Crippen LogP contribution in [-0.2, 0) is 19.1 Å². The molecular formula is C28H50N2O6. The van der Waals surface area contributed by atoms with E-state index in [2.05, 4.69) is 10.6 Å². The van der Waals surface area contributed by atoms with Gasteiger partial charge in [-0.2, -0.15) is 0 Å². The molecule has 0 spiro atoms. The monoisotopic (exact) mass is 510 g/mol. The second-order valence-electron chi connectivity index (χ2n) is 11.7. The van der Waals surface area contributed by atoms with Crippen LogP contribution in [0.4, 0.5) is 4.79 Å². The largest absolute Gasteiger partial charge is 0.480 e. The van der Waals surface area contributed by atoms with Gasteiger partial charge in [-0.15, -0.1) is 0 Å². The predicted molar refractivity (Wildman–Crippen MR) is 140 cm³/mol. The van der Waals surface area contributed by atoms with Crippen molar-refractivity contribution in [1.29, 1.82) is 0 Å². The number of nitrogens with one attached hydrogen (secondary N) is 2. The van der Waals surface area contributed by atoms with Crippen molar-refractivity contribution >= 4 is 18.0 Å². The minimum atomic E-state index is -1.21. The highest BCUT2D eigenvalue weighted by atomic mass is 16.6. The molecule has 36 heavy (non-hydrogen) atoms. The summed E-state index contributed by atoms with van der Waals surface area (Å²) in [6.07, 6.45) is 18.6. The van der Waals surface area contributed by atoms with Gasteiger partial charge in [-0.05, 0) is 78.6 Å². The Morgan fingerprint density at radius 2 is 1.28 bits per heavy atom. The summed E-state index contributed by atoms with van der Waals surface area (Å²) < 4.78 is 10.3. The average molecular weight is 511 g/mol. The number of hydrogen-bond acceptors (Lipinski definition) is 6. The topological polar surface area (TPSA) is 114 Å². The van der Waals surface area contributed by atoms with Crippen LogP contribution in [0.3, 0.4) is 0 Å². The van der Waals surface area contributed by atoms with Gasteiger partial charge in [-0.3, -0.25) is 4.79 Å². The van der Waals surface area contributed by atoms with Crippen LogP contribution < -0.4 is 10.6 Å². The zero-order valence-corrected chi connectivity index (χ0v) is 22.8. The molecule has 0 heterocycles. The molecule has 208 valence electrons. The highest BCUT2D eigenvalue weighted by molar-refractivity contribution is 5.80. The van der Waals surface area contributed by atoms with E-state index in [1.807, 2.05) is 0 Å². The van der Waals surface area contributed by atoms with Crippen molar-refractivity contribution in [1.82, 2.24) is 10.6 Å². The average Bonchev–Trinajstić information content (AvgIpc) is 2.83. The van der Waals surface area contributed by atoms with E-state index in [0.29, 0.717) is 0 Å². The van der Waals surface area contributed by atoms with Gasteiger partial charge in [-0.1, -0.05) is 44.9 Å². The molecule has 3 saturated carbocycles. The molecule has 0 aromatic carbocycles. The molecule has 3 N–H and O–H groups in total. The lowest BCUT2D eigenvalue weighted by atomic mass is 9.91. The molecule has 3 aliphatic rings. The Bertz CT molecular complexity index is 643. The highest BCUT2D eigenvalue weighted by Crippen LogP contribution is 2.23. The van der Waals surface area contributed by atoms with Crippen molar-refractivity contribution < 1.29 is 29.0 Å². The van der Waals surface area contributed by atoms with Crippen LogP contribution in [0, 0.1) is 0 Å². The Kier molecular flexibility index (Phi) is 13.6. The van der Waals surface area contributed by atoms with Crippen molar-refractivity contribution in [3.63, 3.8) is 0 Å². The number of carboxylic acid groups (broad SMARTS) is 1. The molecule has 0 unspecified atom stereocenters. The summed E-state index contributed by atoms with van der Waals surface area (Å²) in [7, 11) is 0. The van der Waals surface area contributed by atoms with Gasteiger partial charge in [0.1, 0.15) is 17.7 Å². The summed E-state index contributed by atoms with van der Waals surface area (Å²) in [4.78, 5) is 34.6. The number of amides is 1. The van der Waals surface area contributed by atoms with Crippen molar-refractivity contribution in [3.05, 3.63) is 0 Å². The van der Waals surface area contributed by atoms with Gasteiger partial charge in [0.2, 0.25) is 0 Å². The number of carbonyl (C=O) groups excluding carboxylic acids is 2. The quantitative estimate of drug-likeness (QED) is 0.350. The molecule has 0 saturated heterocycles. The molecule has 8 heteroatoms. The lowest BCUT2D eigenvalue weighted by Gasteiger charge is -2.30. The third-order valence-electron chi connectivity index (χ3n) is 7.16. The Hall–Kier alpha value is -1.83. The second kappa shape index (κ2) is 16.1. The van der Waals surface area contributed by atoms with Gasteiger partial charge >= 0.3 is 18.0 Å². The first kappa shape index (κ1) is 30.4. The Morgan fingerprint density at radius 3 is 1.72 bits per heavy atom. The number of hydrogen-bond donors (Lipinski definition) is 3. The zero-order valence-electron chi connectivity index (χ0n) is 22.8. The fourth-order valence-corrected chi connectivity index (χ4v) is 5.27. The van der Waals surface area contributed by atoms with Crippen molar-refractivity contribution in [2.45, 2.75) is 160 Å². The van der Waals surface area contributed by atoms with Crippen LogP contribution in [0.1, 0.15) is 130 Å². The number of rotatable bonds is 8. The Balaban J connectivity index is 0.000000293. The minimum Gasteiger partial charge on any atom is -0.480 e. The lowest BCUT2D eigenvalue weighted by Crippen LogP contribution is -2.43. The SMILES string of the molecule is C1CCC(NC2CCCCC2)CC1.CC(C)(C)OC(=O)N[C@H](CCC(=O)OC1CCCCC1)C(=O)O. The number of carboxylic acids is 1. The van der Waals surface area contributed by atoms with E-state index in [1.54, 1.807) is 20.8 Å². The summed E-state index contributed by atoms with van der Waals surface area (Å²) in [5.41, 5.74) is -0.715. The standard InChI is InChI=1S/C16H27NO6.C12H23N/c1-16(2,3)23-15(21)17-12(14(19)20)9-10-13(18)22-11-7-5-4-6-8-11;1-3-7-11(8-4-1)13-12-9-5-2-6-10-12/h11-12H,4-10H2,1-3H3,(H,17,21)(H,19,20);11-13H,1-10H2/t12-;/m1./s1. The van der Waals surface area contributed by atoms with Crippen LogP contribution in [0.25, 0.3) is 0 Å². The summed E-state index contributed by atoms with van der Waals surface area (Å²) in [6, 6.07) is 0.567. The number of ether oxygens (including phenoxy) is 2. The normalized spacial score (nSPS) is 21.0. The van der Waals surface area contributed by atoms with Gasteiger partial charge in [0.15, 0.2) is 0 Å². The first-order valence-electron chi connectivity index (χ1n) is 14.3. The molecule has 3 aliphatic carbocycles. The van der Waals surface area contributed by atoms with Gasteiger partial charge in [-0.25, -0.2) is 9.59 Å². The highest BCUT2D eigenvalue weighted by Gasteiger charge is 2.26. The molecule has 0 aromatic rings. The van der Waals surface area contributed by atoms with Crippen molar-refractivity contribution in [2.75, 3.05) is 0 Å². The fraction of sp³-hybridized carbons (Fsp3) is 0.893. The van der Waals surface area contributed by atoms with Crippen LogP contribution in [0.2, 0.25) is 0 Å². The smallest absolute Gasteiger partial charge is 0.408 e. The van der Waals surface area contributed by atoms with Crippen molar-refractivity contribution in [2.24, 2.45) is 0 Å². The molecule has 0 aromatic heterocycles. The van der Waals surface area contributed by atoms with Crippen LogP contribution in [0.15, 0.2) is 0 Å². The van der Waals surface area contributed by atoms with Gasteiger partial charge in [0, 0.05) is 18.5 Å². The van der Waals surface area contributed by atoms with E-state index in [0.717, 1.165) is 44.2 Å². The summed E-state index contributed by atoms with van der Waals surface area (Å²) in [5.74, 6) is -1.63. The summed E-state index contributed by atoms with van der Waals surface area (Å²) >= 11 is 0. The fourth-order valence-electron chi connectivity index (χ4n) is 5.27. The first-order chi connectivity index (χ1) is 17.1. The molecule has 3 rings (SSSR count). The van der Waals surface area contributed by atoms with Gasteiger partial charge in [0.05, 0.1) is 0 Å². The predicted octanol–water partition coefficient (Wildman–Crippen LogP) is 5.86. The number of esters is 1. The van der Waals surface area contributed by atoms with E-state index in [4.69, 9.17) is 14.6 Å². The third kappa shape index (κ3) is 13.5. The zero-order chi connectivity index (χ0) is 26.4. The maximum Gasteiger partial charge on any atom is 0.408 e. The molecule has 3 fully saturated rings. The Labute approximate surface area is 217 Å². The maximum atomic E-state index is 11.8. The number of aliphatic carboxylic acids is 1. The van der Waals surface area contributed by atoms with Crippen LogP contribution >= 0.6 is 0 Å². The number of alkyl carbamates (subject to hydrolysis) is 1. The molecule has 0 radical (unpaired) electrons. The van der Waals surface area contributed by atoms with Gasteiger partial charge < -0.3 is 25.2 Å². The van der Waals surface area contributed by atoms with E-state index >= 15 is 0 Å². The molecule has 1 atom stereocenters. The molecule has 0 aliphatic heterocycles.